The largest absolute Gasteiger partial charge is 0.508 e. The molecule has 18 heavy (non-hydrogen) atoms. The van der Waals surface area contributed by atoms with Gasteiger partial charge in [-0.2, -0.15) is 0 Å². The van der Waals surface area contributed by atoms with Gasteiger partial charge in [0.05, 0.1) is 0 Å². The fourth-order valence-electron chi connectivity index (χ4n) is 3.18. The lowest BCUT2D eigenvalue weighted by Crippen LogP contribution is -2.40. The quantitative estimate of drug-likeness (QED) is 0.850. The molecule has 0 aliphatic heterocycles. The van der Waals surface area contributed by atoms with E-state index in [4.69, 9.17) is 0 Å². The van der Waals surface area contributed by atoms with Crippen molar-refractivity contribution in [3.05, 3.63) is 29.8 Å². The summed E-state index contributed by atoms with van der Waals surface area (Å²) in [6, 6.07) is 8.42. The van der Waals surface area contributed by atoms with E-state index in [0.29, 0.717) is 11.8 Å². The summed E-state index contributed by atoms with van der Waals surface area (Å²) in [7, 11) is 0. The van der Waals surface area contributed by atoms with Crippen molar-refractivity contribution in [3.8, 4) is 5.75 Å². The number of phenolic OH excluding ortho intramolecular Hbond substituents is 1. The second kappa shape index (κ2) is 5.75. The summed E-state index contributed by atoms with van der Waals surface area (Å²) in [6.45, 7) is 6.82. The zero-order valence-electron chi connectivity index (χ0n) is 11.7. The van der Waals surface area contributed by atoms with Crippen LogP contribution in [0.2, 0.25) is 0 Å². The Morgan fingerprint density at radius 3 is 2.61 bits per heavy atom. The first-order valence-corrected chi connectivity index (χ1v) is 7.12. The van der Waals surface area contributed by atoms with Crippen LogP contribution in [0.4, 0.5) is 0 Å². The van der Waals surface area contributed by atoms with Crippen LogP contribution in [0.1, 0.15) is 51.6 Å². The van der Waals surface area contributed by atoms with Crippen molar-refractivity contribution in [3.63, 3.8) is 0 Å². The van der Waals surface area contributed by atoms with Crippen LogP contribution in [0.25, 0.3) is 0 Å². The number of nitrogens with one attached hydrogen (secondary N) is 1. The van der Waals surface area contributed by atoms with E-state index in [2.05, 4.69) is 26.1 Å². The number of para-hydroxylation sites is 1. The average Bonchev–Trinajstić information content (AvgIpc) is 2.33. The molecule has 2 N–H and O–H groups in total. The molecule has 0 saturated heterocycles. The molecule has 1 aliphatic carbocycles. The van der Waals surface area contributed by atoms with Crippen LogP contribution in [0.3, 0.4) is 0 Å². The normalized spacial score (nSPS) is 30.1. The first-order chi connectivity index (χ1) is 8.58. The number of hydrogen-bond acceptors (Lipinski definition) is 2. The predicted molar refractivity (Wildman–Crippen MR) is 75.6 cm³/mol. The molecule has 0 aromatic heterocycles. The summed E-state index contributed by atoms with van der Waals surface area (Å²) in [4.78, 5) is 0. The van der Waals surface area contributed by atoms with E-state index < -0.39 is 0 Å². The van der Waals surface area contributed by atoms with E-state index in [-0.39, 0.29) is 6.04 Å². The Bertz CT molecular complexity index is 390. The molecule has 2 nitrogen and oxygen atoms in total. The summed E-state index contributed by atoms with van der Waals surface area (Å²) in [5.41, 5.74) is 1.00. The smallest absolute Gasteiger partial charge is 0.120 e. The highest BCUT2D eigenvalue weighted by Crippen LogP contribution is 2.31. The minimum Gasteiger partial charge on any atom is -0.508 e. The summed E-state index contributed by atoms with van der Waals surface area (Å²) in [5.74, 6) is 1.98. The van der Waals surface area contributed by atoms with Crippen LogP contribution in [-0.4, -0.2) is 11.1 Å². The van der Waals surface area contributed by atoms with Crippen LogP contribution in [-0.2, 0) is 0 Å². The summed E-state index contributed by atoms with van der Waals surface area (Å²) in [6.07, 6.45) is 3.88. The van der Waals surface area contributed by atoms with E-state index in [1.807, 2.05) is 18.2 Å². The molecule has 0 radical (unpaired) electrons. The molecule has 4 unspecified atom stereocenters. The third-order valence-electron chi connectivity index (χ3n) is 4.30. The standard InChI is InChI=1S/C16H25NO/c1-11-8-9-15(12(2)10-11)17-13(3)14-6-4-5-7-16(14)18/h4-7,11-13,15,17-18H,8-10H2,1-3H3. The topological polar surface area (TPSA) is 32.3 Å². The molecular formula is C16H25NO. The van der Waals surface area contributed by atoms with Crippen molar-refractivity contribution < 1.29 is 5.11 Å². The van der Waals surface area contributed by atoms with Gasteiger partial charge in [0.25, 0.3) is 0 Å². The molecule has 100 valence electrons. The SMILES string of the molecule is CC1CCC(NC(C)c2ccccc2O)C(C)C1. The highest BCUT2D eigenvalue weighted by atomic mass is 16.3. The van der Waals surface area contributed by atoms with Gasteiger partial charge in [-0.15, -0.1) is 0 Å². The maximum atomic E-state index is 9.88. The molecule has 1 aliphatic rings. The van der Waals surface area contributed by atoms with Crippen LogP contribution in [0.15, 0.2) is 24.3 Å². The Morgan fingerprint density at radius 1 is 1.22 bits per heavy atom. The van der Waals surface area contributed by atoms with Gasteiger partial charge in [0, 0.05) is 17.6 Å². The zero-order chi connectivity index (χ0) is 13.1. The molecule has 0 amide bonds. The fourth-order valence-corrected chi connectivity index (χ4v) is 3.18. The van der Waals surface area contributed by atoms with Crippen LogP contribution in [0, 0.1) is 11.8 Å². The van der Waals surface area contributed by atoms with Gasteiger partial charge < -0.3 is 10.4 Å². The number of rotatable bonds is 3. The van der Waals surface area contributed by atoms with E-state index >= 15 is 0 Å². The van der Waals surface area contributed by atoms with Gasteiger partial charge in [-0.3, -0.25) is 0 Å². The van der Waals surface area contributed by atoms with Crippen molar-refractivity contribution in [2.45, 2.75) is 52.1 Å². The van der Waals surface area contributed by atoms with E-state index in [0.717, 1.165) is 17.4 Å². The molecule has 2 heteroatoms. The molecule has 1 saturated carbocycles. The maximum Gasteiger partial charge on any atom is 0.120 e. The molecule has 1 aromatic carbocycles. The molecule has 0 bridgehead atoms. The van der Waals surface area contributed by atoms with Crippen molar-refractivity contribution in [1.82, 2.24) is 5.32 Å². The third-order valence-corrected chi connectivity index (χ3v) is 4.30. The third kappa shape index (κ3) is 3.05. The Labute approximate surface area is 110 Å². The van der Waals surface area contributed by atoms with Gasteiger partial charge in [0.1, 0.15) is 5.75 Å². The molecule has 2 rings (SSSR count). The fraction of sp³-hybridized carbons (Fsp3) is 0.625. The lowest BCUT2D eigenvalue weighted by Gasteiger charge is -2.35. The van der Waals surface area contributed by atoms with Gasteiger partial charge in [0.2, 0.25) is 0 Å². The van der Waals surface area contributed by atoms with Crippen LogP contribution < -0.4 is 5.32 Å². The Kier molecular flexibility index (Phi) is 4.28. The van der Waals surface area contributed by atoms with Crippen molar-refractivity contribution >= 4 is 0 Å². The van der Waals surface area contributed by atoms with E-state index in [1.54, 1.807) is 6.07 Å². The van der Waals surface area contributed by atoms with Gasteiger partial charge in [-0.25, -0.2) is 0 Å². The van der Waals surface area contributed by atoms with Crippen molar-refractivity contribution in [2.75, 3.05) is 0 Å². The Balaban J connectivity index is 1.99. The Hall–Kier alpha value is -1.02. The molecule has 1 aromatic rings. The second-order valence-corrected chi connectivity index (χ2v) is 5.95. The van der Waals surface area contributed by atoms with Crippen molar-refractivity contribution in [1.29, 1.82) is 0 Å². The van der Waals surface area contributed by atoms with Crippen molar-refractivity contribution in [2.24, 2.45) is 11.8 Å². The molecular weight excluding hydrogens is 222 g/mol. The first-order valence-electron chi connectivity index (χ1n) is 7.12. The monoisotopic (exact) mass is 247 g/mol. The van der Waals surface area contributed by atoms with Crippen LogP contribution >= 0.6 is 0 Å². The summed E-state index contributed by atoms with van der Waals surface area (Å²) >= 11 is 0. The lowest BCUT2D eigenvalue weighted by atomic mass is 9.79. The van der Waals surface area contributed by atoms with Gasteiger partial charge in [-0.1, -0.05) is 32.0 Å². The zero-order valence-corrected chi connectivity index (χ0v) is 11.7. The highest BCUT2D eigenvalue weighted by Gasteiger charge is 2.26. The first kappa shape index (κ1) is 13.4. The average molecular weight is 247 g/mol. The summed E-state index contributed by atoms with van der Waals surface area (Å²) in [5, 5.41) is 13.6. The van der Waals surface area contributed by atoms with E-state index in [1.165, 1.54) is 19.3 Å². The Morgan fingerprint density at radius 2 is 1.94 bits per heavy atom. The number of aromatic hydroxyl groups is 1. The number of hydrogen-bond donors (Lipinski definition) is 2. The van der Waals surface area contributed by atoms with Gasteiger partial charge in [0.15, 0.2) is 0 Å². The van der Waals surface area contributed by atoms with Gasteiger partial charge in [-0.05, 0) is 44.1 Å². The minimum absolute atomic E-state index is 0.215. The molecule has 0 heterocycles. The van der Waals surface area contributed by atoms with Crippen LogP contribution in [0.5, 0.6) is 5.75 Å². The summed E-state index contributed by atoms with van der Waals surface area (Å²) < 4.78 is 0. The number of benzene rings is 1. The maximum absolute atomic E-state index is 9.88. The highest BCUT2D eigenvalue weighted by molar-refractivity contribution is 5.34. The molecule has 0 spiro atoms. The predicted octanol–water partition coefficient (Wildman–Crippen LogP) is 3.87. The lowest BCUT2D eigenvalue weighted by molar-refractivity contribution is 0.215. The number of phenols is 1. The molecule has 4 atom stereocenters. The minimum atomic E-state index is 0.215. The van der Waals surface area contributed by atoms with Gasteiger partial charge >= 0.3 is 0 Å². The van der Waals surface area contributed by atoms with E-state index in [9.17, 15) is 5.11 Å². The second-order valence-electron chi connectivity index (χ2n) is 5.95. The molecule has 1 fully saturated rings.